The fourth-order valence-corrected chi connectivity index (χ4v) is 4.83. The van der Waals surface area contributed by atoms with Gasteiger partial charge in [0.25, 0.3) is 11.8 Å². The number of nitrogens with zero attached hydrogens (tertiary/aromatic N) is 2. The summed E-state index contributed by atoms with van der Waals surface area (Å²) in [6, 6.07) is 15.3. The molecule has 0 saturated heterocycles. The standard InChI is InChI=1S/C21H16N4O3S2/c1-12(28-15-7-6-13-4-2-3-5-14(13)10-15)18(26)23-24-19(27)17-11-16-20(30-17)22-21-25(16)8-9-29-21/h2-12H,1H3,(H,23,26)(H,24,27). The second-order valence-corrected chi connectivity index (χ2v) is 8.58. The van der Waals surface area contributed by atoms with Crippen LogP contribution in [0.25, 0.3) is 26.1 Å². The van der Waals surface area contributed by atoms with Gasteiger partial charge >= 0.3 is 0 Å². The normalized spacial score (nSPS) is 12.3. The van der Waals surface area contributed by atoms with Crippen LogP contribution in [0, 0.1) is 0 Å². The second-order valence-electron chi connectivity index (χ2n) is 6.68. The molecule has 0 aliphatic heterocycles. The van der Waals surface area contributed by atoms with Gasteiger partial charge in [-0.15, -0.1) is 22.7 Å². The molecule has 150 valence electrons. The quantitative estimate of drug-likeness (QED) is 0.417. The molecule has 0 radical (unpaired) electrons. The van der Waals surface area contributed by atoms with Crippen molar-refractivity contribution in [3.63, 3.8) is 0 Å². The summed E-state index contributed by atoms with van der Waals surface area (Å²) in [7, 11) is 0. The van der Waals surface area contributed by atoms with Crippen molar-refractivity contribution < 1.29 is 14.3 Å². The van der Waals surface area contributed by atoms with Crippen molar-refractivity contribution >= 4 is 60.6 Å². The van der Waals surface area contributed by atoms with Gasteiger partial charge in [0, 0.05) is 11.6 Å². The SMILES string of the molecule is CC(Oc1ccc2ccccc2c1)C(=O)NNC(=O)c1cc2c(nc3sccn32)s1. The molecule has 2 aromatic carbocycles. The summed E-state index contributed by atoms with van der Waals surface area (Å²) < 4.78 is 7.66. The van der Waals surface area contributed by atoms with Gasteiger partial charge in [-0.05, 0) is 35.9 Å². The first-order chi connectivity index (χ1) is 14.6. The van der Waals surface area contributed by atoms with Crippen LogP contribution in [0.4, 0.5) is 0 Å². The summed E-state index contributed by atoms with van der Waals surface area (Å²) in [4.78, 5) is 31.4. The molecule has 5 aromatic rings. The highest BCUT2D eigenvalue weighted by Gasteiger charge is 2.18. The number of hydrazine groups is 1. The number of thiophene rings is 1. The topological polar surface area (TPSA) is 84.7 Å². The minimum absolute atomic E-state index is 0.395. The van der Waals surface area contributed by atoms with Gasteiger partial charge in [-0.3, -0.25) is 24.8 Å². The van der Waals surface area contributed by atoms with Crippen molar-refractivity contribution in [3.8, 4) is 5.75 Å². The number of amides is 2. The fraction of sp³-hybridized carbons (Fsp3) is 0.0952. The molecule has 0 aliphatic rings. The fourth-order valence-electron chi connectivity index (χ4n) is 3.14. The van der Waals surface area contributed by atoms with Gasteiger partial charge in [0.15, 0.2) is 11.1 Å². The first-order valence-corrected chi connectivity index (χ1v) is 10.9. The lowest BCUT2D eigenvalue weighted by Crippen LogP contribution is -2.47. The van der Waals surface area contributed by atoms with E-state index in [0.717, 1.165) is 26.1 Å². The van der Waals surface area contributed by atoms with Crippen molar-refractivity contribution in [2.75, 3.05) is 0 Å². The smallest absolute Gasteiger partial charge is 0.279 e. The molecule has 0 bridgehead atoms. The number of thiazole rings is 1. The molecule has 1 atom stereocenters. The monoisotopic (exact) mass is 436 g/mol. The number of hydrogen-bond donors (Lipinski definition) is 2. The van der Waals surface area contributed by atoms with Gasteiger partial charge in [-0.2, -0.15) is 0 Å². The van der Waals surface area contributed by atoms with Crippen LogP contribution in [0.3, 0.4) is 0 Å². The average molecular weight is 437 g/mol. The van der Waals surface area contributed by atoms with Crippen LogP contribution < -0.4 is 15.6 Å². The van der Waals surface area contributed by atoms with Crippen LogP contribution in [0.15, 0.2) is 60.1 Å². The maximum absolute atomic E-state index is 12.4. The highest BCUT2D eigenvalue weighted by atomic mass is 32.1. The van der Waals surface area contributed by atoms with Crippen molar-refractivity contribution in [1.82, 2.24) is 20.2 Å². The highest BCUT2D eigenvalue weighted by molar-refractivity contribution is 7.21. The third-order valence-corrected chi connectivity index (χ3v) is 6.44. The Morgan fingerprint density at radius 1 is 1.10 bits per heavy atom. The van der Waals surface area contributed by atoms with Gasteiger partial charge < -0.3 is 4.74 Å². The Labute approximate surface area is 178 Å². The van der Waals surface area contributed by atoms with Crippen LogP contribution in [0.2, 0.25) is 0 Å². The Bertz CT molecular complexity index is 1400. The first kappa shape index (κ1) is 18.6. The van der Waals surface area contributed by atoms with E-state index < -0.39 is 17.9 Å². The molecular weight excluding hydrogens is 420 g/mol. The van der Waals surface area contributed by atoms with E-state index in [9.17, 15) is 9.59 Å². The van der Waals surface area contributed by atoms with E-state index in [4.69, 9.17) is 4.74 Å². The lowest BCUT2D eigenvalue weighted by Gasteiger charge is -2.15. The molecule has 2 amide bonds. The Balaban J connectivity index is 1.22. The molecule has 0 spiro atoms. The Morgan fingerprint density at radius 3 is 2.80 bits per heavy atom. The van der Waals surface area contributed by atoms with Gasteiger partial charge in [-0.25, -0.2) is 4.98 Å². The number of aromatic nitrogens is 2. The van der Waals surface area contributed by atoms with Crippen molar-refractivity contribution in [1.29, 1.82) is 0 Å². The Morgan fingerprint density at radius 2 is 1.93 bits per heavy atom. The number of carbonyl (C=O) groups excluding carboxylic acids is 2. The summed E-state index contributed by atoms with van der Waals surface area (Å²) in [6.07, 6.45) is 1.14. The maximum Gasteiger partial charge on any atom is 0.279 e. The Hall–Kier alpha value is -3.43. The zero-order valence-electron chi connectivity index (χ0n) is 15.8. The van der Waals surface area contributed by atoms with E-state index >= 15 is 0 Å². The van der Waals surface area contributed by atoms with E-state index in [1.165, 1.54) is 22.7 Å². The van der Waals surface area contributed by atoms with Crippen molar-refractivity contribution in [2.45, 2.75) is 13.0 Å². The third kappa shape index (κ3) is 3.38. The van der Waals surface area contributed by atoms with Gasteiger partial charge in [-0.1, -0.05) is 30.3 Å². The zero-order valence-corrected chi connectivity index (χ0v) is 17.4. The van der Waals surface area contributed by atoms with E-state index in [1.54, 1.807) is 13.0 Å². The number of rotatable bonds is 4. The third-order valence-electron chi connectivity index (χ3n) is 4.67. The van der Waals surface area contributed by atoms with Crippen LogP contribution in [-0.4, -0.2) is 27.3 Å². The van der Waals surface area contributed by atoms with Crippen LogP contribution in [0.1, 0.15) is 16.6 Å². The molecule has 0 saturated carbocycles. The van der Waals surface area contributed by atoms with Crippen LogP contribution in [-0.2, 0) is 4.79 Å². The number of imidazole rings is 1. The zero-order chi connectivity index (χ0) is 20.7. The molecular formula is C21H16N4O3S2. The molecule has 3 heterocycles. The number of nitrogens with one attached hydrogen (secondary N) is 2. The molecule has 2 N–H and O–H groups in total. The molecule has 0 fully saturated rings. The molecule has 3 aromatic heterocycles. The largest absolute Gasteiger partial charge is 0.481 e. The van der Waals surface area contributed by atoms with Crippen LogP contribution in [0.5, 0.6) is 5.75 Å². The number of hydrogen-bond acceptors (Lipinski definition) is 6. The summed E-state index contributed by atoms with van der Waals surface area (Å²) in [5.41, 5.74) is 5.75. The van der Waals surface area contributed by atoms with Crippen molar-refractivity contribution in [3.05, 3.63) is 65.0 Å². The summed E-state index contributed by atoms with van der Waals surface area (Å²) in [5, 5.41) is 4.06. The first-order valence-electron chi connectivity index (χ1n) is 9.19. The Kier molecular flexibility index (Phi) is 4.61. The summed E-state index contributed by atoms with van der Waals surface area (Å²) in [6.45, 7) is 1.63. The number of carbonyl (C=O) groups is 2. The van der Waals surface area contributed by atoms with Crippen molar-refractivity contribution in [2.24, 2.45) is 0 Å². The van der Waals surface area contributed by atoms with E-state index in [2.05, 4.69) is 15.8 Å². The van der Waals surface area contributed by atoms with Gasteiger partial charge in [0.2, 0.25) is 0 Å². The molecule has 1 unspecified atom stereocenters. The van der Waals surface area contributed by atoms with E-state index in [-0.39, 0.29) is 0 Å². The molecule has 5 rings (SSSR count). The van der Waals surface area contributed by atoms with Gasteiger partial charge in [0.1, 0.15) is 10.6 Å². The minimum atomic E-state index is -0.779. The average Bonchev–Trinajstić information content (AvgIpc) is 3.44. The van der Waals surface area contributed by atoms with Gasteiger partial charge in [0.05, 0.1) is 10.4 Å². The van der Waals surface area contributed by atoms with Crippen LogP contribution >= 0.6 is 22.7 Å². The molecule has 7 nitrogen and oxygen atoms in total. The number of ether oxygens (including phenoxy) is 1. The van der Waals surface area contributed by atoms with E-state index in [1.807, 2.05) is 58.4 Å². The number of benzene rings is 2. The maximum atomic E-state index is 12.4. The summed E-state index contributed by atoms with van der Waals surface area (Å²) >= 11 is 2.82. The molecule has 9 heteroatoms. The molecule has 30 heavy (non-hydrogen) atoms. The second kappa shape index (κ2) is 7.43. The lowest BCUT2D eigenvalue weighted by atomic mass is 10.1. The molecule has 0 aliphatic carbocycles. The lowest BCUT2D eigenvalue weighted by molar-refractivity contribution is -0.128. The minimum Gasteiger partial charge on any atom is -0.481 e. The predicted octanol–water partition coefficient (Wildman–Crippen LogP) is 3.99. The van der Waals surface area contributed by atoms with E-state index in [0.29, 0.717) is 10.6 Å². The highest BCUT2D eigenvalue weighted by Crippen LogP contribution is 2.28. The predicted molar refractivity (Wildman–Crippen MR) is 118 cm³/mol. The number of fused-ring (bicyclic) bond motifs is 4. The summed E-state index contributed by atoms with van der Waals surface area (Å²) in [5.74, 6) is -0.254.